The Morgan fingerprint density at radius 1 is 1.25 bits per heavy atom. The smallest absolute Gasteiger partial charge is 0.115 e. The van der Waals surface area contributed by atoms with Gasteiger partial charge in [-0.1, -0.05) is 28.1 Å². The average Bonchev–Trinajstić information content (AvgIpc) is 2.27. The molecule has 0 amide bonds. The van der Waals surface area contributed by atoms with Crippen molar-refractivity contribution in [2.45, 2.75) is 43.8 Å². The molecule has 1 aromatic carbocycles. The fourth-order valence-corrected chi connectivity index (χ4v) is 2.57. The van der Waals surface area contributed by atoms with Crippen molar-refractivity contribution in [1.29, 1.82) is 0 Å². The number of benzene rings is 1. The molecule has 2 rings (SSSR count). The molecule has 88 valence electrons. The summed E-state index contributed by atoms with van der Waals surface area (Å²) in [6, 6.07) is 8.11. The van der Waals surface area contributed by atoms with Gasteiger partial charge < -0.3 is 5.73 Å². The zero-order valence-corrected chi connectivity index (χ0v) is 10.8. The van der Waals surface area contributed by atoms with Crippen molar-refractivity contribution in [3.8, 4) is 0 Å². The summed E-state index contributed by atoms with van der Waals surface area (Å²) in [5.74, 6) is 0. The van der Waals surface area contributed by atoms with E-state index in [0.29, 0.717) is 19.3 Å². The molecule has 1 aliphatic carbocycles. The van der Waals surface area contributed by atoms with Crippen LogP contribution in [0.4, 0.5) is 4.39 Å². The Kier molecular flexibility index (Phi) is 3.65. The SMILES string of the molecule is NC1CCC(F)(Cc2ccc(Br)cc2)CC1. The number of hydrogen-bond donors (Lipinski definition) is 1. The maximum atomic E-state index is 14.5. The average molecular weight is 286 g/mol. The maximum absolute atomic E-state index is 14.5. The van der Waals surface area contributed by atoms with E-state index in [9.17, 15) is 4.39 Å². The Balaban J connectivity index is 2.00. The molecule has 0 unspecified atom stereocenters. The van der Waals surface area contributed by atoms with Crippen LogP contribution in [-0.4, -0.2) is 11.7 Å². The van der Waals surface area contributed by atoms with E-state index in [1.165, 1.54) is 0 Å². The van der Waals surface area contributed by atoms with Crippen molar-refractivity contribution in [2.75, 3.05) is 0 Å². The minimum atomic E-state index is -1.04. The summed E-state index contributed by atoms with van der Waals surface area (Å²) in [5.41, 5.74) is 5.83. The molecule has 0 aliphatic heterocycles. The second kappa shape index (κ2) is 4.84. The summed E-state index contributed by atoms with van der Waals surface area (Å²) in [5, 5.41) is 0. The summed E-state index contributed by atoms with van der Waals surface area (Å²) in [6.07, 6.45) is 3.35. The normalized spacial score (nSPS) is 30.3. The molecular formula is C13H17BrFN. The molecule has 0 heterocycles. The van der Waals surface area contributed by atoms with Crippen LogP contribution in [0.5, 0.6) is 0 Å². The number of rotatable bonds is 2. The Labute approximate surface area is 104 Å². The van der Waals surface area contributed by atoms with Crippen LogP contribution < -0.4 is 5.73 Å². The summed E-state index contributed by atoms with van der Waals surface area (Å²) in [7, 11) is 0. The quantitative estimate of drug-likeness (QED) is 0.883. The summed E-state index contributed by atoms with van der Waals surface area (Å²) >= 11 is 3.38. The highest BCUT2D eigenvalue weighted by atomic mass is 79.9. The standard InChI is InChI=1S/C13H17BrFN/c14-11-3-1-10(2-4-11)9-13(15)7-5-12(16)6-8-13/h1-4,12H,5-9,16H2. The summed E-state index contributed by atoms with van der Waals surface area (Å²) in [6.45, 7) is 0. The molecule has 3 heteroatoms. The monoisotopic (exact) mass is 285 g/mol. The van der Waals surface area contributed by atoms with E-state index in [-0.39, 0.29) is 6.04 Å². The molecule has 0 aromatic heterocycles. The molecule has 0 radical (unpaired) electrons. The van der Waals surface area contributed by atoms with E-state index in [1.54, 1.807) is 0 Å². The first-order valence-corrected chi connectivity index (χ1v) is 6.56. The third-order valence-corrected chi connectivity index (χ3v) is 3.89. The summed E-state index contributed by atoms with van der Waals surface area (Å²) < 4.78 is 15.5. The first-order chi connectivity index (χ1) is 7.57. The van der Waals surface area contributed by atoms with Gasteiger partial charge in [0.1, 0.15) is 5.67 Å². The van der Waals surface area contributed by atoms with Gasteiger partial charge in [-0.2, -0.15) is 0 Å². The third-order valence-electron chi connectivity index (χ3n) is 3.36. The second-order valence-electron chi connectivity index (χ2n) is 4.79. The van der Waals surface area contributed by atoms with E-state index in [1.807, 2.05) is 24.3 Å². The van der Waals surface area contributed by atoms with Gasteiger partial charge >= 0.3 is 0 Å². The van der Waals surface area contributed by atoms with Crippen LogP contribution in [0.3, 0.4) is 0 Å². The van der Waals surface area contributed by atoms with E-state index in [4.69, 9.17) is 5.73 Å². The van der Waals surface area contributed by atoms with Crippen LogP contribution >= 0.6 is 15.9 Å². The second-order valence-corrected chi connectivity index (χ2v) is 5.71. The van der Waals surface area contributed by atoms with Crippen molar-refractivity contribution >= 4 is 15.9 Å². The minimum absolute atomic E-state index is 0.203. The van der Waals surface area contributed by atoms with Crippen molar-refractivity contribution in [3.63, 3.8) is 0 Å². The van der Waals surface area contributed by atoms with Gasteiger partial charge in [0, 0.05) is 16.9 Å². The van der Waals surface area contributed by atoms with Gasteiger partial charge in [-0.3, -0.25) is 0 Å². The van der Waals surface area contributed by atoms with Crippen LogP contribution in [-0.2, 0) is 6.42 Å². The molecule has 1 saturated carbocycles. The van der Waals surface area contributed by atoms with Crippen molar-refractivity contribution < 1.29 is 4.39 Å². The molecule has 16 heavy (non-hydrogen) atoms. The molecule has 2 N–H and O–H groups in total. The Morgan fingerprint density at radius 3 is 2.38 bits per heavy atom. The van der Waals surface area contributed by atoms with Gasteiger partial charge in [0.15, 0.2) is 0 Å². The zero-order valence-electron chi connectivity index (χ0n) is 9.26. The van der Waals surface area contributed by atoms with Crippen molar-refractivity contribution in [1.82, 2.24) is 0 Å². The number of halogens is 2. The molecule has 1 nitrogen and oxygen atoms in total. The highest BCUT2D eigenvalue weighted by Gasteiger charge is 2.34. The number of hydrogen-bond acceptors (Lipinski definition) is 1. The lowest BCUT2D eigenvalue weighted by Gasteiger charge is -2.32. The fraction of sp³-hybridized carbons (Fsp3) is 0.538. The molecule has 1 aliphatic rings. The largest absolute Gasteiger partial charge is 0.328 e. The number of alkyl halides is 1. The van der Waals surface area contributed by atoms with Crippen LogP contribution in [0, 0.1) is 0 Å². The maximum Gasteiger partial charge on any atom is 0.115 e. The highest BCUT2D eigenvalue weighted by molar-refractivity contribution is 9.10. The van der Waals surface area contributed by atoms with E-state index >= 15 is 0 Å². The lowest BCUT2D eigenvalue weighted by Crippen LogP contribution is -2.37. The molecule has 1 aromatic rings. The fourth-order valence-electron chi connectivity index (χ4n) is 2.30. The highest BCUT2D eigenvalue weighted by Crippen LogP contribution is 2.34. The molecule has 0 spiro atoms. The first-order valence-electron chi connectivity index (χ1n) is 5.76. The topological polar surface area (TPSA) is 26.0 Å². The summed E-state index contributed by atoms with van der Waals surface area (Å²) in [4.78, 5) is 0. The minimum Gasteiger partial charge on any atom is -0.328 e. The predicted octanol–water partition coefficient (Wildman–Crippen LogP) is 3.60. The molecular weight excluding hydrogens is 269 g/mol. The molecule has 0 saturated heterocycles. The van der Waals surface area contributed by atoms with Gasteiger partial charge in [0.25, 0.3) is 0 Å². The van der Waals surface area contributed by atoms with Gasteiger partial charge in [-0.25, -0.2) is 4.39 Å². The van der Waals surface area contributed by atoms with Crippen molar-refractivity contribution in [3.05, 3.63) is 34.3 Å². The lowest BCUT2D eigenvalue weighted by atomic mass is 9.80. The molecule has 0 bridgehead atoms. The lowest BCUT2D eigenvalue weighted by molar-refractivity contribution is 0.0995. The Hall–Kier alpha value is -0.410. The van der Waals surface area contributed by atoms with Gasteiger partial charge in [-0.15, -0.1) is 0 Å². The van der Waals surface area contributed by atoms with Gasteiger partial charge in [0.2, 0.25) is 0 Å². The van der Waals surface area contributed by atoms with E-state index in [0.717, 1.165) is 22.9 Å². The molecule has 1 fully saturated rings. The van der Waals surface area contributed by atoms with Crippen molar-refractivity contribution in [2.24, 2.45) is 5.73 Å². The Morgan fingerprint density at radius 2 is 1.81 bits per heavy atom. The zero-order chi connectivity index (χ0) is 11.6. The van der Waals surface area contributed by atoms with Crippen LogP contribution in [0.1, 0.15) is 31.2 Å². The van der Waals surface area contributed by atoms with Gasteiger partial charge in [-0.05, 0) is 43.4 Å². The first kappa shape index (κ1) is 12.1. The third kappa shape index (κ3) is 3.05. The van der Waals surface area contributed by atoms with Crippen LogP contribution in [0.15, 0.2) is 28.7 Å². The predicted molar refractivity (Wildman–Crippen MR) is 68.1 cm³/mol. The van der Waals surface area contributed by atoms with E-state index < -0.39 is 5.67 Å². The Bertz CT molecular complexity index is 341. The van der Waals surface area contributed by atoms with Crippen LogP contribution in [0.25, 0.3) is 0 Å². The van der Waals surface area contributed by atoms with Gasteiger partial charge in [0.05, 0.1) is 0 Å². The van der Waals surface area contributed by atoms with E-state index in [2.05, 4.69) is 15.9 Å². The molecule has 0 atom stereocenters. The van der Waals surface area contributed by atoms with Crippen LogP contribution in [0.2, 0.25) is 0 Å². The number of nitrogens with two attached hydrogens (primary N) is 1.